The fourth-order valence-corrected chi connectivity index (χ4v) is 11.6. The third-order valence-electron chi connectivity index (χ3n) is 9.26. The number of hydrogen-bond acceptors (Lipinski definition) is 5. The molecule has 3 saturated heterocycles. The summed E-state index contributed by atoms with van der Waals surface area (Å²) in [6, 6.07) is 9.17. The second-order valence-electron chi connectivity index (χ2n) is 14.4. The van der Waals surface area contributed by atoms with E-state index in [2.05, 4.69) is 63.7 Å². The number of fused-ring (bicyclic) bond motifs is 1. The van der Waals surface area contributed by atoms with Crippen LogP contribution in [0.1, 0.15) is 65.9 Å². The molecule has 1 aromatic carbocycles. The highest BCUT2D eigenvalue weighted by atomic mass is 79.9. The van der Waals surface area contributed by atoms with Gasteiger partial charge in [-0.1, -0.05) is 79.2 Å². The smallest absolute Gasteiger partial charge is 0.247 e. The Morgan fingerprint density at radius 1 is 1.09 bits per heavy atom. The van der Waals surface area contributed by atoms with Crippen LogP contribution in [-0.2, 0) is 20.9 Å². The van der Waals surface area contributed by atoms with Crippen molar-refractivity contribution in [2.24, 2.45) is 17.3 Å². The average Bonchev–Trinajstić information content (AvgIpc) is 3.53. The molecule has 3 aliphatic rings. The number of benzene rings is 1. The fourth-order valence-electron chi connectivity index (χ4n) is 8.03. The monoisotopic (exact) mass is 687 g/mol. The first kappa shape index (κ1) is 34.8. The Morgan fingerprint density at radius 2 is 1.75 bits per heavy atom. The molecule has 1 N–H and O–H groups in total. The molecular formula is C35H50BrN3O4S. The summed E-state index contributed by atoms with van der Waals surface area (Å²) in [5.41, 5.74) is 0.503. The van der Waals surface area contributed by atoms with Gasteiger partial charge in [-0.05, 0) is 50.5 Å². The molecule has 4 rings (SSSR count). The lowest BCUT2D eigenvalue weighted by Gasteiger charge is -2.46. The van der Waals surface area contributed by atoms with Gasteiger partial charge in [0.25, 0.3) is 0 Å². The maximum Gasteiger partial charge on any atom is 0.247 e. The van der Waals surface area contributed by atoms with Crippen LogP contribution in [0.5, 0.6) is 0 Å². The van der Waals surface area contributed by atoms with E-state index < -0.39 is 28.2 Å². The SMILES string of the molecule is C=CCN(Cc1ccccc1)C(=O)[C@H]1[C@@H]2SC3(CC2Br)C(C(=O)N(CC=C)C(C)(C)CC(C)(C)C)N(CCCCO)C(=O)[C@H]13. The van der Waals surface area contributed by atoms with Crippen molar-refractivity contribution in [3.05, 3.63) is 61.2 Å². The predicted octanol–water partition coefficient (Wildman–Crippen LogP) is 5.67. The number of nitrogens with zero attached hydrogens (tertiary/aromatic N) is 3. The van der Waals surface area contributed by atoms with Crippen LogP contribution < -0.4 is 0 Å². The normalized spacial score (nSPS) is 27.8. The van der Waals surface area contributed by atoms with Crippen molar-refractivity contribution in [2.75, 3.05) is 26.2 Å². The van der Waals surface area contributed by atoms with Crippen LogP contribution in [0.2, 0.25) is 0 Å². The number of amides is 3. The lowest BCUT2D eigenvalue weighted by Crippen LogP contribution is -2.60. The van der Waals surface area contributed by atoms with Gasteiger partial charge in [0.2, 0.25) is 17.7 Å². The van der Waals surface area contributed by atoms with E-state index >= 15 is 0 Å². The highest BCUT2D eigenvalue weighted by molar-refractivity contribution is 9.09. The number of rotatable bonds is 14. The molecule has 0 aliphatic carbocycles. The maximum atomic E-state index is 14.9. The van der Waals surface area contributed by atoms with Crippen LogP contribution in [0, 0.1) is 17.3 Å². The summed E-state index contributed by atoms with van der Waals surface area (Å²) >= 11 is 5.57. The molecule has 1 aromatic rings. The lowest BCUT2D eigenvalue weighted by atomic mass is 9.70. The van der Waals surface area contributed by atoms with E-state index in [1.807, 2.05) is 35.2 Å². The van der Waals surface area contributed by atoms with Crippen molar-refractivity contribution in [3.63, 3.8) is 0 Å². The summed E-state index contributed by atoms with van der Waals surface area (Å²) < 4.78 is -0.726. The summed E-state index contributed by atoms with van der Waals surface area (Å²) in [5.74, 6) is -1.40. The van der Waals surface area contributed by atoms with E-state index in [1.165, 1.54) is 0 Å². The summed E-state index contributed by atoms with van der Waals surface area (Å²) in [5, 5.41) is 9.42. The van der Waals surface area contributed by atoms with E-state index in [0.29, 0.717) is 45.4 Å². The molecule has 1 spiro atoms. The van der Waals surface area contributed by atoms with Gasteiger partial charge in [-0.2, -0.15) is 0 Å². The summed E-state index contributed by atoms with van der Waals surface area (Å²) in [4.78, 5) is 49.4. The van der Waals surface area contributed by atoms with Crippen molar-refractivity contribution in [1.82, 2.24) is 14.7 Å². The average molecular weight is 689 g/mol. The van der Waals surface area contributed by atoms with Crippen molar-refractivity contribution >= 4 is 45.4 Å². The van der Waals surface area contributed by atoms with Crippen LogP contribution in [0.4, 0.5) is 0 Å². The second-order valence-corrected chi connectivity index (χ2v) is 17.1. The number of unbranched alkanes of at least 4 members (excludes halogenated alkanes) is 1. The van der Waals surface area contributed by atoms with Crippen molar-refractivity contribution in [2.45, 2.75) is 93.3 Å². The van der Waals surface area contributed by atoms with Gasteiger partial charge >= 0.3 is 0 Å². The van der Waals surface area contributed by atoms with Gasteiger partial charge in [-0.15, -0.1) is 24.9 Å². The van der Waals surface area contributed by atoms with Gasteiger partial charge in [0, 0.05) is 48.4 Å². The molecule has 2 bridgehead atoms. The molecule has 3 unspecified atom stereocenters. The Hall–Kier alpha value is -2.10. The molecule has 3 amide bonds. The Bertz CT molecular complexity index is 1230. The molecule has 7 nitrogen and oxygen atoms in total. The minimum absolute atomic E-state index is 0.00376. The highest BCUT2D eigenvalue weighted by Crippen LogP contribution is 2.68. The zero-order valence-corrected chi connectivity index (χ0v) is 29.4. The van der Waals surface area contributed by atoms with Gasteiger partial charge in [0.15, 0.2) is 0 Å². The number of likely N-dealkylation sites (tertiary alicyclic amines) is 1. The Labute approximate surface area is 276 Å². The minimum atomic E-state index is -0.726. The van der Waals surface area contributed by atoms with Gasteiger partial charge in [0.1, 0.15) is 6.04 Å². The molecule has 3 heterocycles. The molecular weight excluding hydrogens is 638 g/mol. The van der Waals surface area contributed by atoms with Crippen molar-refractivity contribution in [3.8, 4) is 0 Å². The number of alkyl halides is 1. The van der Waals surface area contributed by atoms with Gasteiger partial charge < -0.3 is 19.8 Å². The number of thioether (sulfide) groups is 1. The zero-order valence-electron chi connectivity index (χ0n) is 27.0. The van der Waals surface area contributed by atoms with E-state index in [9.17, 15) is 19.5 Å². The number of aliphatic hydroxyl groups excluding tert-OH is 1. The third-order valence-corrected chi connectivity index (χ3v) is 12.5. The second kappa shape index (κ2) is 13.7. The molecule has 0 saturated carbocycles. The first-order chi connectivity index (χ1) is 20.7. The molecule has 3 aliphatic heterocycles. The first-order valence-electron chi connectivity index (χ1n) is 15.8. The number of carbonyl (C=O) groups is 3. The van der Waals surface area contributed by atoms with E-state index in [4.69, 9.17) is 0 Å². The summed E-state index contributed by atoms with van der Waals surface area (Å²) in [6.45, 7) is 20.1. The maximum absolute atomic E-state index is 14.9. The summed E-state index contributed by atoms with van der Waals surface area (Å²) in [6.07, 6.45) is 6.03. The topological polar surface area (TPSA) is 81.2 Å². The predicted molar refractivity (Wildman–Crippen MR) is 182 cm³/mol. The van der Waals surface area contributed by atoms with Crippen LogP contribution in [0.15, 0.2) is 55.6 Å². The first-order valence-corrected chi connectivity index (χ1v) is 17.6. The Kier molecular flexibility index (Phi) is 10.8. The standard InChI is InChI=1S/C35H50BrN3O4S/c1-8-17-37(22-24-15-11-10-12-16-24)30(41)26-27-31(42)38(19-13-14-20-40)29(35(27)21-25(36)28(26)44-35)32(43)39(18-9-2)34(6,7)23-33(3,4)5/h8-12,15-16,25-29,40H,1-2,13-14,17-23H2,3-7H3/t25?,26-,27+,28-,29?,35?/m1/s1. The number of aliphatic hydroxyl groups is 1. The third kappa shape index (κ3) is 6.70. The molecule has 44 heavy (non-hydrogen) atoms. The summed E-state index contributed by atoms with van der Waals surface area (Å²) in [7, 11) is 0. The Balaban J connectivity index is 1.76. The Morgan fingerprint density at radius 3 is 2.34 bits per heavy atom. The van der Waals surface area contributed by atoms with Crippen molar-refractivity contribution in [1.29, 1.82) is 0 Å². The van der Waals surface area contributed by atoms with Crippen LogP contribution >= 0.6 is 27.7 Å². The molecule has 0 radical (unpaired) electrons. The van der Waals surface area contributed by atoms with Gasteiger partial charge in [-0.3, -0.25) is 14.4 Å². The van der Waals surface area contributed by atoms with E-state index in [0.717, 1.165) is 12.0 Å². The zero-order chi connectivity index (χ0) is 32.4. The fraction of sp³-hybridized carbons (Fsp3) is 0.629. The van der Waals surface area contributed by atoms with Gasteiger partial charge in [-0.25, -0.2) is 0 Å². The minimum Gasteiger partial charge on any atom is -0.396 e. The van der Waals surface area contributed by atoms with Crippen molar-refractivity contribution < 1.29 is 19.5 Å². The quantitative estimate of drug-likeness (QED) is 0.155. The molecule has 3 fully saturated rings. The lowest BCUT2D eigenvalue weighted by molar-refractivity contribution is -0.147. The largest absolute Gasteiger partial charge is 0.396 e. The van der Waals surface area contributed by atoms with Crippen LogP contribution in [0.3, 0.4) is 0 Å². The van der Waals surface area contributed by atoms with E-state index in [-0.39, 0.29) is 39.8 Å². The highest BCUT2D eigenvalue weighted by Gasteiger charge is 2.76. The molecule has 0 aromatic heterocycles. The van der Waals surface area contributed by atoms with Crippen LogP contribution in [-0.4, -0.2) is 90.2 Å². The number of carbonyl (C=O) groups excluding carboxylic acids is 3. The number of hydrogen-bond donors (Lipinski definition) is 1. The number of halogens is 1. The molecule has 242 valence electrons. The van der Waals surface area contributed by atoms with Gasteiger partial charge in [0.05, 0.1) is 16.6 Å². The van der Waals surface area contributed by atoms with E-state index in [1.54, 1.807) is 33.7 Å². The van der Waals surface area contributed by atoms with Crippen LogP contribution in [0.25, 0.3) is 0 Å². The molecule has 6 atom stereocenters. The molecule has 9 heteroatoms.